The van der Waals surface area contributed by atoms with Crippen LogP contribution in [0, 0.1) is 5.41 Å². The number of ether oxygens (including phenoxy) is 1. The van der Waals surface area contributed by atoms with Gasteiger partial charge in [-0.15, -0.1) is 0 Å². The van der Waals surface area contributed by atoms with Crippen LogP contribution < -0.4 is 5.32 Å². The Hall–Kier alpha value is -3.15. The highest BCUT2D eigenvalue weighted by Crippen LogP contribution is 2.42. The van der Waals surface area contributed by atoms with Crippen molar-refractivity contribution in [1.82, 2.24) is 15.1 Å². The molecule has 2 atom stereocenters. The van der Waals surface area contributed by atoms with E-state index in [4.69, 9.17) is 4.74 Å². The van der Waals surface area contributed by atoms with Crippen LogP contribution in [0.25, 0.3) is 0 Å². The third-order valence-electron chi connectivity index (χ3n) is 6.72. The molecule has 0 aromatic heterocycles. The minimum absolute atomic E-state index is 0.0168. The number of carbonyl (C=O) groups excluding carboxylic acids is 1. The van der Waals surface area contributed by atoms with Crippen LogP contribution in [-0.2, 0) is 9.53 Å². The van der Waals surface area contributed by atoms with E-state index in [9.17, 15) is 9.90 Å². The molecule has 2 N–H and O–H groups in total. The van der Waals surface area contributed by atoms with Crippen molar-refractivity contribution in [3.63, 3.8) is 0 Å². The summed E-state index contributed by atoms with van der Waals surface area (Å²) in [5, 5.41) is 13.1. The van der Waals surface area contributed by atoms with Crippen LogP contribution in [0.15, 0.2) is 83.3 Å². The number of aliphatic hydroxyl groups excluding tert-OH is 1. The van der Waals surface area contributed by atoms with Crippen molar-refractivity contribution in [3.05, 3.63) is 83.3 Å². The van der Waals surface area contributed by atoms with Crippen LogP contribution in [-0.4, -0.2) is 53.1 Å². The smallest absolute Gasteiger partial charge is 0.220 e. The van der Waals surface area contributed by atoms with Gasteiger partial charge in [0.1, 0.15) is 18.1 Å². The molecular formula is C27H35N3O3. The minimum Gasteiger partial charge on any atom is -0.508 e. The molecule has 33 heavy (non-hydrogen) atoms. The summed E-state index contributed by atoms with van der Waals surface area (Å²) in [5.74, 6) is 1.03. The third-order valence-corrected chi connectivity index (χ3v) is 6.72. The van der Waals surface area contributed by atoms with Gasteiger partial charge in [0.15, 0.2) is 0 Å². The lowest BCUT2D eigenvalue weighted by Crippen LogP contribution is -2.53. The van der Waals surface area contributed by atoms with Crippen LogP contribution in [0.3, 0.4) is 0 Å². The van der Waals surface area contributed by atoms with Crippen molar-refractivity contribution < 1.29 is 14.6 Å². The molecule has 1 amide bonds. The second-order valence-corrected chi connectivity index (χ2v) is 10.4. The topological polar surface area (TPSA) is 65.0 Å². The Balaban J connectivity index is 1.63. The lowest BCUT2D eigenvalue weighted by Gasteiger charge is -2.51. The number of carbonyl (C=O) groups is 1. The predicted octanol–water partition coefficient (Wildman–Crippen LogP) is 4.45. The average Bonchev–Trinajstić information content (AvgIpc) is 3.15. The number of rotatable bonds is 4. The summed E-state index contributed by atoms with van der Waals surface area (Å²) in [4.78, 5) is 16.1. The molecular weight excluding hydrogens is 414 g/mol. The SMILES string of the molecule is C=C(O)C1=CN2C(=CC1=C)/C(=C1\C=CC=C(OCC3CCC(=O)N3)C1)N(C)CC2C(C)(C)C. The zero-order valence-corrected chi connectivity index (χ0v) is 20.1. The summed E-state index contributed by atoms with van der Waals surface area (Å²) in [6.45, 7) is 16.0. The van der Waals surface area contributed by atoms with E-state index in [2.05, 4.69) is 62.2 Å². The van der Waals surface area contributed by atoms with E-state index in [1.807, 2.05) is 24.4 Å². The average molecular weight is 450 g/mol. The molecule has 4 rings (SSSR count). The van der Waals surface area contributed by atoms with Crippen LogP contribution >= 0.6 is 0 Å². The van der Waals surface area contributed by atoms with Crippen molar-refractivity contribution >= 4 is 5.91 Å². The molecule has 2 fully saturated rings. The summed E-state index contributed by atoms with van der Waals surface area (Å²) < 4.78 is 6.09. The maximum Gasteiger partial charge on any atom is 0.220 e. The number of allylic oxidation sites excluding steroid dienone is 6. The Morgan fingerprint density at radius 1 is 1.36 bits per heavy atom. The molecule has 0 aromatic rings. The Morgan fingerprint density at radius 2 is 2.12 bits per heavy atom. The highest BCUT2D eigenvalue weighted by atomic mass is 16.5. The molecule has 176 valence electrons. The maximum absolute atomic E-state index is 11.5. The summed E-state index contributed by atoms with van der Waals surface area (Å²) in [6.07, 6.45) is 12.3. The molecule has 4 aliphatic rings. The fraction of sp³-hybridized carbons (Fsp3) is 0.444. The number of hydrogen-bond donors (Lipinski definition) is 2. The molecule has 0 aromatic carbocycles. The second kappa shape index (κ2) is 8.65. The Kier molecular flexibility index (Phi) is 6.04. The normalized spacial score (nSPS) is 27.6. The minimum atomic E-state index is 0.0168. The van der Waals surface area contributed by atoms with Crippen LogP contribution in [0.5, 0.6) is 0 Å². The first kappa shape index (κ1) is 23.0. The molecule has 0 saturated carbocycles. The number of amides is 1. The van der Waals surface area contributed by atoms with Crippen molar-refractivity contribution in [3.8, 4) is 0 Å². The molecule has 0 spiro atoms. The molecule has 1 aliphatic carbocycles. The Bertz CT molecular complexity index is 1040. The van der Waals surface area contributed by atoms with Crippen LogP contribution in [0.1, 0.15) is 40.0 Å². The summed E-state index contributed by atoms with van der Waals surface area (Å²) in [5.41, 5.74) is 4.81. The quantitative estimate of drug-likeness (QED) is 0.621. The second-order valence-electron chi connectivity index (χ2n) is 10.4. The van der Waals surface area contributed by atoms with Gasteiger partial charge in [0.2, 0.25) is 5.91 Å². The van der Waals surface area contributed by atoms with Gasteiger partial charge in [-0.2, -0.15) is 0 Å². The standard InChI is InChI=1S/C27H35N3O3/c1-17-12-23-26(19-8-7-9-21(13-19)33-16-20-10-11-25(32)28-20)29(6)15-24(27(3,4)5)30(23)14-22(17)18(2)31/h7-9,12,14,20,24,31H,1-2,10-11,13,15-16H2,3-6H3,(H,28,32)/b26-19-. The van der Waals surface area contributed by atoms with E-state index < -0.39 is 0 Å². The zero-order valence-electron chi connectivity index (χ0n) is 20.1. The monoisotopic (exact) mass is 449 g/mol. The number of aliphatic hydroxyl groups is 1. The van der Waals surface area contributed by atoms with E-state index in [1.165, 1.54) is 5.57 Å². The summed E-state index contributed by atoms with van der Waals surface area (Å²) in [7, 11) is 2.13. The molecule has 3 heterocycles. The van der Waals surface area contributed by atoms with E-state index in [0.717, 1.165) is 35.7 Å². The van der Waals surface area contributed by atoms with Crippen LogP contribution in [0.4, 0.5) is 0 Å². The van der Waals surface area contributed by atoms with E-state index in [0.29, 0.717) is 25.0 Å². The number of nitrogens with zero attached hydrogens (tertiary/aromatic N) is 2. The van der Waals surface area contributed by atoms with Gasteiger partial charge in [0, 0.05) is 38.2 Å². The summed E-state index contributed by atoms with van der Waals surface area (Å²) >= 11 is 0. The first-order valence-electron chi connectivity index (χ1n) is 11.6. The number of fused-ring (bicyclic) bond motifs is 1. The number of piperazine rings is 1. The van der Waals surface area contributed by atoms with Gasteiger partial charge in [0.05, 0.1) is 23.5 Å². The molecule has 6 heteroatoms. The van der Waals surface area contributed by atoms with Gasteiger partial charge >= 0.3 is 0 Å². The molecule has 2 saturated heterocycles. The van der Waals surface area contributed by atoms with Gasteiger partial charge in [-0.05, 0) is 35.1 Å². The van der Waals surface area contributed by atoms with E-state index in [-0.39, 0.29) is 29.2 Å². The largest absolute Gasteiger partial charge is 0.508 e. The fourth-order valence-corrected chi connectivity index (χ4v) is 4.90. The lowest BCUT2D eigenvalue weighted by molar-refractivity contribution is -0.119. The van der Waals surface area contributed by atoms with Crippen molar-refractivity contribution in [1.29, 1.82) is 0 Å². The van der Waals surface area contributed by atoms with Crippen molar-refractivity contribution in [2.75, 3.05) is 20.2 Å². The van der Waals surface area contributed by atoms with Gasteiger partial charge in [-0.3, -0.25) is 4.79 Å². The lowest BCUT2D eigenvalue weighted by atomic mass is 9.81. The fourth-order valence-electron chi connectivity index (χ4n) is 4.90. The molecule has 0 bridgehead atoms. The van der Waals surface area contributed by atoms with Gasteiger partial charge in [-0.1, -0.05) is 46.1 Å². The maximum atomic E-state index is 11.5. The van der Waals surface area contributed by atoms with Gasteiger partial charge < -0.3 is 25.0 Å². The number of likely N-dealkylation sites (N-methyl/N-ethyl adjacent to an activating group) is 1. The molecule has 2 unspecified atom stereocenters. The molecule has 6 nitrogen and oxygen atoms in total. The Morgan fingerprint density at radius 3 is 2.76 bits per heavy atom. The van der Waals surface area contributed by atoms with Gasteiger partial charge in [-0.25, -0.2) is 0 Å². The summed E-state index contributed by atoms with van der Waals surface area (Å²) in [6, 6.07) is 0.297. The zero-order chi connectivity index (χ0) is 23.9. The molecule has 0 radical (unpaired) electrons. The van der Waals surface area contributed by atoms with Crippen molar-refractivity contribution in [2.45, 2.75) is 52.1 Å². The molecule has 3 aliphatic heterocycles. The van der Waals surface area contributed by atoms with Gasteiger partial charge in [0.25, 0.3) is 0 Å². The van der Waals surface area contributed by atoms with Crippen molar-refractivity contribution in [2.24, 2.45) is 5.41 Å². The first-order valence-corrected chi connectivity index (χ1v) is 11.6. The highest BCUT2D eigenvalue weighted by Gasteiger charge is 2.40. The van der Waals surface area contributed by atoms with Crippen LogP contribution in [0.2, 0.25) is 0 Å². The number of nitrogens with one attached hydrogen (secondary N) is 1. The highest BCUT2D eigenvalue weighted by molar-refractivity contribution is 5.78. The third kappa shape index (κ3) is 4.65. The predicted molar refractivity (Wildman–Crippen MR) is 131 cm³/mol. The first-order chi connectivity index (χ1) is 15.5. The Labute approximate surface area is 197 Å². The van der Waals surface area contributed by atoms with E-state index in [1.54, 1.807) is 0 Å². The van der Waals surface area contributed by atoms with E-state index >= 15 is 0 Å². The number of hydrogen-bond acceptors (Lipinski definition) is 5.